The van der Waals surface area contributed by atoms with Crippen molar-refractivity contribution in [2.24, 2.45) is 11.7 Å². The third-order valence-electron chi connectivity index (χ3n) is 2.63. The number of primary amides is 1. The quantitative estimate of drug-likeness (QED) is 0.636. The maximum atomic E-state index is 10.8. The predicted octanol–water partition coefficient (Wildman–Crippen LogP) is 0.640. The van der Waals surface area contributed by atoms with E-state index in [0.29, 0.717) is 0 Å². The zero-order valence-electron chi connectivity index (χ0n) is 7.68. The number of carbonyl (C=O) groups is 1. The lowest BCUT2D eigenvalue weighted by Gasteiger charge is -2.27. The Morgan fingerprint density at radius 2 is 2.33 bits per heavy atom. The van der Waals surface area contributed by atoms with Crippen LogP contribution in [0.1, 0.15) is 32.6 Å². The molecule has 1 fully saturated rings. The van der Waals surface area contributed by atoms with E-state index < -0.39 is 0 Å². The van der Waals surface area contributed by atoms with Crippen molar-refractivity contribution in [2.75, 3.05) is 6.54 Å². The molecule has 3 nitrogen and oxygen atoms in total. The lowest BCUT2D eigenvalue weighted by Crippen LogP contribution is -2.43. The van der Waals surface area contributed by atoms with Gasteiger partial charge >= 0.3 is 0 Å². The molecule has 0 spiro atoms. The molecule has 0 aromatic carbocycles. The first kappa shape index (κ1) is 9.52. The highest BCUT2D eigenvalue weighted by Gasteiger charge is 2.19. The number of hydrogen-bond donors (Lipinski definition) is 2. The average molecular weight is 170 g/mol. The van der Waals surface area contributed by atoms with E-state index >= 15 is 0 Å². The number of nitrogens with two attached hydrogens (primary N) is 1. The van der Waals surface area contributed by atoms with Crippen molar-refractivity contribution < 1.29 is 4.79 Å². The van der Waals surface area contributed by atoms with Gasteiger partial charge in [0.1, 0.15) is 0 Å². The van der Waals surface area contributed by atoms with E-state index in [2.05, 4.69) is 5.32 Å². The largest absolute Gasteiger partial charge is 0.368 e. The second-order valence-corrected chi connectivity index (χ2v) is 3.57. The van der Waals surface area contributed by atoms with Crippen LogP contribution in [-0.2, 0) is 4.79 Å². The van der Waals surface area contributed by atoms with Gasteiger partial charge in [-0.25, -0.2) is 0 Å². The number of hydrogen-bond acceptors (Lipinski definition) is 2. The number of rotatable bonds is 5. The van der Waals surface area contributed by atoms with Crippen molar-refractivity contribution in [3.63, 3.8) is 0 Å². The normalized spacial score (nSPS) is 20.1. The van der Waals surface area contributed by atoms with Crippen molar-refractivity contribution in [1.82, 2.24) is 5.32 Å². The number of amides is 1. The number of nitrogens with one attached hydrogen (secondary N) is 1. The van der Waals surface area contributed by atoms with E-state index in [1.807, 2.05) is 6.92 Å². The molecule has 1 atom stereocenters. The topological polar surface area (TPSA) is 55.1 Å². The Bertz CT molecular complexity index is 155. The SMILES string of the molecule is CCC(NCC1CCC1)C(N)=O. The fourth-order valence-corrected chi connectivity index (χ4v) is 1.45. The first-order chi connectivity index (χ1) is 5.74. The maximum Gasteiger partial charge on any atom is 0.234 e. The third-order valence-corrected chi connectivity index (χ3v) is 2.63. The lowest BCUT2D eigenvalue weighted by molar-refractivity contribution is -0.120. The van der Waals surface area contributed by atoms with Gasteiger partial charge < -0.3 is 11.1 Å². The van der Waals surface area contributed by atoms with Crippen molar-refractivity contribution in [2.45, 2.75) is 38.6 Å². The van der Waals surface area contributed by atoms with Crippen LogP contribution in [0, 0.1) is 5.92 Å². The standard InChI is InChI=1S/C9H18N2O/c1-2-8(9(10)12)11-6-7-4-3-5-7/h7-8,11H,2-6H2,1H3,(H2,10,12). The second-order valence-electron chi connectivity index (χ2n) is 3.57. The van der Waals surface area contributed by atoms with Crippen LogP contribution in [0.5, 0.6) is 0 Å². The van der Waals surface area contributed by atoms with Crippen LogP contribution in [0.25, 0.3) is 0 Å². The van der Waals surface area contributed by atoms with Crippen molar-refractivity contribution in [3.8, 4) is 0 Å². The summed E-state index contributed by atoms with van der Waals surface area (Å²) in [6.07, 6.45) is 4.76. The van der Waals surface area contributed by atoms with Crippen molar-refractivity contribution in [3.05, 3.63) is 0 Å². The molecule has 1 aliphatic rings. The van der Waals surface area contributed by atoms with Crippen LogP contribution in [0.15, 0.2) is 0 Å². The third kappa shape index (κ3) is 2.48. The Hall–Kier alpha value is -0.570. The van der Waals surface area contributed by atoms with Gasteiger partial charge in [-0.3, -0.25) is 4.79 Å². The Labute approximate surface area is 73.7 Å². The molecule has 1 saturated carbocycles. The summed E-state index contributed by atoms with van der Waals surface area (Å²) in [6.45, 7) is 2.94. The monoisotopic (exact) mass is 170 g/mol. The minimum Gasteiger partial charge on any atom is -0.368 e. The van der Waals surface area contributed by atoms with Gasteiger partial charge in [-0.2, -0.15) is 0 Å². The molecule has 1 aliphatic carbocycles. The highest BCUT2D eigenvalue weighted by Crippen LogP contribution is 2.25. The molecule has 12 heavy (non-hydrogen) atoms. The van der Waals surface area contributed by atoms with Crippen LogP contribution < -0.4 is 11.1 Å². The van der Waals surface area contributed by atoms with Crippen LogP contribution in [-0.4, -0.2) is 18.5 Å². The summed E-state index contributed by atoms with van der Waals surface area (Å²) in [5.41, 5.74) is 5.19. The smallest absolute Gasteiger partial charge is 0.234 e. The maximum absolute atomic E-state index is 10.8. The molecule has 0 saturated heterocycles. The number of carbonyl (C=O) groups excluding carboxylic acids is 1. The second kappa shape index (κ2) is 4.45. The van der Waals surface area contributed by atoms with Crippen LogP contribution in [0.2, 0.25) is 0 Å². The molecule has 3 N–H and O–H groups in total. The van der Waals surface area contributed by atoms with Gasteiger partial charge in [0, 0.05) is 0 Å². The first-order valence-corrected chi connectivity index (χ1v) is 4.76. The Morgan fingerprint density at radius 1 is 1.67 bits per heavy atom. The average Bonchev–Trinajstić information content (AvgIpc) is 1.93. The van der Waals surface area contributed by atoms with E-state index in [0.717, 1.165) is 18.9 Å². The summed E-state index contributed by atoms with van der Waals surface area (Å²) in [6, 6.07) is -0.120. The van der Waals surface area contributed by atoms with Gasteiger partial charge in [-0.1, -0.05) is 13.3 Å². The minimum absolute atomic E-state index is 0.120. The molecule has 70 valence electrons. The highest BCUT2D eigenvalue weighted by molar-refractivity contribution is 5.79. The molecule has 0 bridgehead atoms. The molecular weight excluding hydrogens is 152 g/mol. The molecular formula is C9H18N2O. The van der Waals surface area contributed by atoms with E-state index in [1.54, 1.807) is 0 Å². The zero-order valence-corrected chi connectivity index (χ0v) is 7.68. The summed E-state index contributed by atoms with van der Waals surface area (Å²) in [7, 11) is 0. The zero-order chi connectivity index (χ0) is 8.97. The molecule has 1 amide bonds. The minimum atomic E-state index is -0.225. The fraction of sp³-hybridized carbons (Fsp3) is 0.889. The van der Waals surface area contributed by atoms with Gasteiger partial charge in [0.05, 0.1) is 6.04 Å². The lowest BCUT2D eigenvalue weighted by atomic mass is 9.85. The molecule has 1 unspecified atom stereocenters. The molecule has 1 rings (SSSR count). The summed E-state index contributed by atoms with van der Waals surface area (Å²) in [4.78, 5) is 10.8. The predicted molar refractivity (Wildman–Crippen MR) is 48.6 cm³/mol. The van der Waals surface area contributed by atoms with Crippen LogP contribution in [0.3, 0.4) is 0 Å². The van der Waals surface area contributed by atoms with Gasteiger partial charge in [0.25, 0.3) is 0 Å². The Balaban J connectivity index is 2.13. The molecule has 3 heteroatoms. The van der Waals surface area contributed by atoms with E-state index in [-0.39, 0.29) is 11.9 Å². The van der Waals surface area contributed by atoms with E-state index in [4.69, 9.17) is 5.73 Å². The molecule has 0 heterocycles. The molecule has 0 aliphatic heterocycles. The Morgan fingerprint density at radius 3 is 2.67 bits per heavy atom. The van der Waals surface area contributed by atoms with Gasteiger partial charge in [0.15, 0.2) is 0 Å². The summed E-state index contributed by atoms with van der Waals surface area (Å²) in [5.74, 6) is 0.565. The van der Waals surface area contributed by atoms with E-state index in [1.165, 1.54) is 19.3 Å². The fourth-order valence-electron chi connectivity index (χ4n) is 1.45. The van der Waals surface area contributed by atoms with Gasteiger partial charge in [-0.05, 0) is 31.7 Å². The van der Waals surface area contributed by atoms with E-state index in [9.17, 15) is 4.79 Å². The first-order valence-electron chi connectivity index (χ1n) is 4.76. The van der Waals surface area contributed by atoms with Crippen molar-refractivity contribution >= 4 is 5.91 Å². The Kier molecular flexibility index (Phi) is 3.53. The molecule has 0 radical (unpaired) electrons. The summed E-state index contributed by atoms with van der Waals surface area (Å²) in [5, 5.41) is 3.20. The van der Waals surface area contributed by atoms with Crippen LogP contribution in [0.4, 0.5) is 0 Å². The van der Waals surface area contributed by atoms with Gasteiger partial charge in [0.2, 0.25) is 5.91 Å². The highest BCUT2D eigenvalue weighted by atomic mass is 16.1. The molecule has 0 aromatic rings. The molecule has 0 aromatic heterocycles. The van der Waals surface area contributed by atoms with Crippen molar-refractivity contribution in [1.29, 1.82) is 0 Å². The van der Waals surface area contributed by atoms with Gasteiger partial charge in [-0.15, -0.1) is 0 Å². The van der Waals surface area contributed by atoms with Crippen LogP contribution >= 0.6 is 0 Å². The summed E-state index contributed by atoms with van der Waals surface area (Å²) >= 11 is 0. The summed E-state index contributed by atoms with van der Waals surface area (Å²) < 4.78 is 0.